The second-order valence-corrected chi connectivity index (χ2v) is 11.1. The lowest BCUT2D eigenvalue weighted by molar-refractivity contribution is 0.270. The number of phenols is 9. The molecule has 0 saturated carbocycles. The minimum atomic E-state index is -1.07. The number of aliphatic hydroxyl groups is 1. The first-order chi connectivity index (χ1) is 22.6. The van der Waals surface area contributed by atoms with Gasteiger partial charge in [-0.2, -0.15) is 0 Å². The molecular weight excluding hydrogens is 604 g/mol. The van der Waals surface area contributed by atoms with Gasteiger partial charge in [-0.1, -0.05) is 72.8 Å². The Morgan fingerprint density at radius 3 is 1.28 bits per heavy atom. The molecule has 0 bridgehead atoms. The van der Waals surface area contributed by atoms with E-state index in [-0.39, 0.29) is 22.3 Å². The van der Waals surface area contributed by atoms with E-state index in [1.807, 2.05) is 36.4 Å². The molecule has 0 amide bonds. The van der Waals surface area contributed by atoms with Gasteiger partial charge in [0, 0.05) is 16.7 Å². The number of benzene rings is 7. The Labute approximate surface area is 265 Å². The van der Waals surface area contributed by atoms with Crippen molar-refractivity contribution in [1.82, 2.24) is 0 Å². The highest BCUT2D eigenvalue weighted by molar-refractivity contribution is 6.25. The van der Waals surface area contributed by atoms with Gasteiger partial charge in [-0.05, 0) is 61.1 Å². The molecule has 10 nitrogen and oxygen atoms in total. The predicted molar refractivity (Wildman–Crippen MR) is 176 cm³/mol. The summed E-state index contributed by atoms with van der Waals surface area (Å²) in [5, 5.41) is 109. The molecule has 0 aliphatic heterocycles. The molecule has 234 valence electrons. The van der Waals surface area contributed by atoms with Gasteiger partial charge in [0.2, 0.25) is 28.7 Å². The van der Waals surface area contributed by atoms with Crippen LogP contribution in [0.3, 0.4) is 0 Å². The van der Waals surface area contributed by atoms with E-state index < -0.39 is 58.4 Å². The normalized spacial score (nSPS) is 11.5. The summed E-state index contributed by atoms with van der Waals surface area (Å²) >= 11 is 0. The summed E-state index contributed by atoms with van der Waals surface area (Å²) in [7, 11) is 0. The minimum Gasteiger partial charge on any atom is -0.504 e. The molecule has 0 fully saturated rings. The topological polar surface area (TPSA) is 202 Å². The van der Waals surface area contributed by atoms with E-state index in [1.165, 1.54) is 0 Å². The quantitative estimate of drug-likeness (QED) is 0.0548. The standard InChI is InChI=1S/C37H26O10/c38-15-24-25(30(40)34(44)33(43)29(24)39)17-13-16-7-1-2-8-18(16)23(14-17)26-19-9-3-5-11-21(19)27(22-12-6-4-10-20(22)26)28-31(41)35(45)37(47)36(46)32(28)42/h1-14,38-47H,15H2. The average Bonchev–Trinajstić information content (AvgIpc) is 3.09. The molecule has 0 heterocycles. The van der Waals surface area contributed by atoms with Crippen LogP contribution >= 0.6 is 0 Å². The van der Waals surface area contributed by atoms with E-state index in [0.29, 0.717) is 43.6 Å². The maximum Gasteiger partial charge on any atom is 0.208 e. The summed E-state index contributed by atoms with van der Waals surface area (Å²) in [4.78, 5) is 0. The first kappa shape index (κ1) is 29.2. The van der Waals surface area contributed by atoms with Gasteiger partial charge in [-0.25, -0.2) is 0 Å². The van der Waals surface area contributed by atoms with Gasteiger partial charge in [0.25, 0.3) is 0 Å². The lowest BCUT2D eigenvalue weighted by atomic mass is 9.83. The Balaban J connectivity index is 1.67. The second kappa shape index (κ2) is 10.5. The van der Waals surface area contributed by atoms with Crippen molar-refractivity contribution in [3.63, 3.8) is 0 Å². The third kappa shape index (κ3) is 4.09. The van der Waals surface area contributed by atoms with Gasteiger partial charge in [-0.3, -0.25) is 0 Å². The molecule has 0 aliphatic carbocycles. The summed E-state index contributed by atoms with van der Waals surface area (Å²) in [5.41, 5.74) is 1.24. The van der Waals surface area contributed by atoms with Crippen molar-refractivity contribution in [1.29, 1.82) is 0 Å². The number of rotatable bonds is 4. The lowest BCUT2D eigenvalue weighted by Gasteiger charge is -2.21. The van der Waals surface area contributed by atoms with Gasteiger partial charge < -0.3 is 51.1 Å². The minimum absolute atomic E-state index is 0.0950. The van der Waals surface area contributed by atoms with Gasteiger partial charge in [0.1, 0.15) is 0 Å². The van der Waals surface area contributed by atoms with E-state index in [2.05, 4.69) is 0 Å². The number of hydrogen-bond acceptors (Lipinski definition) is 10. The predicted octanol–water partition coefficient (Wildman–Crippen LogP) is 6.99. The lowest BCUT2D eigenvalue weighted by Crippen LogP contribution is -1.96. The highest BCUT2D eigenvalue weighted by atomic mass is 16.4. The summed E-state index contributed by atoms with van der Waals surface area (Å²) < 4.78 is 0. The largest absolute Gasteiger partial charge is 0.504 e. The van der Waals surface area contributed by atoms with E-state index in [1.54, 1.807) is 48.5 Å². The number of aromatic hydroxyl groups is 9. The molecular formula is C37H26O10. The van der Waals surface area contributed by atoms with Crippen LogP contribution in [0.15, 0.2) is 84.9 Å². The SMILES string of the molecule is OCc1c(O)c(O)c(O)c(O)c1-c1cc(-c2c3ccccc3c(-c3c(O)c(O)c(O)c(O)c3O)c3ccccc23)c2ccccc2c1. The molecule has 7 aromatic carbocycles. The van der Waals surface area contributed by atoms with Crippen molar-refractivity contribution in [3.05, 3.63) is 90.5 Å². The molecule has 0 unspecified atom stereocenters. The molecule has 10 N–H and O–H groups in total. The average molecular weight is 631 g/mol. The zero-order chi connectivity index (χ0) is 33.3. The van der Waals surface area contributed by atoms with Crippen LogP contribution in [-0.2, 0) is 6.61 Å². The smallest absolute Gasteiger partial charge is 0.208 e. The highest BCUT2D eigenvalue weighted by Crippen LogP contribution is 2.58. The second-order valence-electron chi connectivity index (χ2n) is 11.1. The van der Waals surface area contributed by atoms with E-state index in [9.17, 15) is 51.1 Å². The molecule has 0 aliphatic rings. The van der Waals surface area contributed by atoms with Crippen LogP contribution in [-0.4, -0.2) is 51.1 Å². The zero-order valence-corrected chi connectivity index (χ0v) is 24.3. The van der Waals surface area contributed by atoms with E-state index in [0.717, 1.165) is 5.39 Å². The Morgan fingerprint density at radius 2 is 0.766 bits per heavy atom. The Kier molecular flexibility index (Phi) is 6.55. The fourth-order valence-electron chi connectivity index (χ4n) is 6.48. The molecule has 0 aromatic heterocycles. The molecule has 10 heteroatoms. The molecule has 0 saturated heterocycles. The molecule has 7 rings (SSSR count). The summed E-state index contributed by atoms with van der Waals surface area (Å²) in [6.45, 7) is -0.773. The van der Waals surface area contributed by atoms with Crippen LogP contribution in [0.25, 0.3) is 65.7 Å². The number of phenolic OH excluding ortho intramolecular Hbond substituents is 8. The number of aliphatic hydroxyl groups excluding tert-OH is 1. The highest BCUT2D eigenvalue weighted by Gasteiger charge is 2.29. The number of hydrogen-bond donors (Lipinski definition) is 10. The van der Waals surface area contributed by atoms with Crippen LogP contribution in [0.2, 0.25) is 0 Å². The van der Waals surface area contributed by atoms with Crippen molar-refractivity contribution >= 4 is 32.3 Å². The van der Waals surface area contributed by atoms with Gasteiger partial charge in [0.05, 0.1) is 12.2 Å². The van der Waals surface area contributed by atoms with E-state index in [4.69, 9.17) is 0 Å². The van der Waals surface area contributed by atoms with Crippen LogP contribution in [0.4, 0.5) is 0 Å². The van der Waals surface area contributed by atoms with Crippen LogP contribution < -0.4 is 0 Å². The summed E-state index contributed by atoms with van der Waals surface area (Å²) in [5.74, 6) is -8.22. The monoisotopic (exact) mass is 630 g/mol. The zero-order valence-electron chi connectivity index (χ0n) is 24.3. The van der Waals surface area contributed by atoms with Crippen molar-refractivity contribution in [2.45, 2.75) is 6.61 Å². The van der Waals surface area contributed by atoms with Crippen molar-refractivity contribution < 1.29 is 51.1 Å². The molecule has 0 radical (unpaired) electrons. The third-order valence-electron chi connectivity index (χ3n) is 8.63. The van der Waals surface area contributed by atoms with Crippen LogP contribution in [0.5, 0.6) is 51.7 Å². The van der Waals surface area contributed by atoms with Crippen molar-refractivity contribution in [3.8, 4) is 85.1 Å². The maximum atomic E-state index is 11.0. The Bertz CT molecular complexity index is 2360. The molecule has 0 atom stereocenters. The van der Waals surface area contributed by atoms with Crippen molar-refractivity contribution in [2.24, 2.45) is 0 Å². The Hall–Kier alpha value is -6.52. The van der Waals surface area contributed by atoms with Crippen LogP contribution in [0.1, 0.15) is 5.56 Å². The number of fused-ring (bicyclic) bond motifs is 3. The van der Waals surface area contributed by atoms with Crippen molar-refractivity contribution in [2.75, 3.05) is 0 Å². The first-order valence-electron chi connectivity index (χ1n) is 14.3. The Morgan fingerprint density at radius 1 is 0.362 bits per heavy atom. The molecule has 7 aromatic rings. The molecule has 47 heavy (non-hydrogen) atoms. The van der Waals surface area contributed by atoms with Gasteiger partial charge in [0.15, 0.2) is 23.0 Å². The fourth-order valence-corrected chi connectivity index (χ4v) is 6.48. The van der Waals surface area contributed by atoms with Gasteiger partial charge in [-0.15, -0.1) is 0 Å². The van der Waals surface area contributed by atoms with Crippen LogP contribution in [0, 0.1) is 0 Å². The summed E-state index contributed by atoms with van der Waals surface area (Å²) in [6, 6.07) is 24.9. The molecule has 0 spiro atoms. The summed E-state index contributed by atoms with van der Waals surface area (Å²) in [6.07, 6.45) is 0. The van der Waals surface area contributed by atoms with E-state index >= 15 is 0 Å². The fraction of sp³-hybridized carbons (Fsp3) is 0.0270. The first-order valence-corrected chi connectivity index (χ1v) is 14.3. The maximum absolute atomic E-state index is 11.0. The third-order valence-corrected chi connectivity index (χ3v) is 8.63. The van der Waals surface area contributed by atoms with Gasteiger partial charge >= 0.3 is 0 Å².